The molecule has 2 heterocycles. The molecule has 0 saturated heterocycles. The Hall–Kier alpha value is -3.61. The Morgan fingerprint density at radius 1 is 0.939 bits per heavy atom. The van der Waals surface area contributed by atoms with E-state index in [1.54, 1.807) is 44.5 Å². The maximum absolute atomic E-state index is 13.6. The number of imide groups is 1. The largest absolute Gasteiger partial charge is 0.348 e. The number of unbranched alkanes of at least 4 members (excludes halogenated alkanes) is 2. The van der Waals surface area contributed by atoms with Gasteiger partial charge in [-0.1, -0.05) is 129 Å². The highest BCUT2D eigenvalue weighted by Crippen LogP contribution is 2.38. The molecule has 2 amide bonds. The van der Waals surface area contributed by atoms with E-state index in [1.807, 2.05) is 30.3 Å². The third kappa shape index (κ3) is 11.8. The van der Waals surface area contributed by atoms with E-state index in [1.165, 1.54) is 43.5 Å². The summed E-state index contributed by atoms with van der Waals surface area (Å²) < 4.78 is 0. The summed E-state index contributed by atoms with van der Waals surface area (Å²) in [6, 6.07) is 11.1. The number of thiazole rings is 1. The molecule has 1 aliphatic heterocycles. The number of carbonyl (C=O) groups excluding carboxylic acids is 3. The van der Waals surface area contributed by atoms with Crippen molar-refractivity contribution in [3.8, 4) is 6.07 Å². The lowest BCUT2D eigenvalue weighted by Crippen LogP contribution is -2.50. The molecule has 1 aliphatic rings. The number of nitrogens with zero attached hydrogens (tertiary/aromatic N) is 5. The molecule has 0 fully saturated rings. The minimum absolute atomic E-state index is 0.00310. The van der Waals surface area contributed by atoms with Gasteiger partial charge in [0.15, 0.2) is 5.13 Å². The average molecular weight is 690 g/mol. The number of rotatable bonds is 16. The van der Waals surface area contributed by atoms with Gasteiger partial charge in [-0.3, -0.25) is 14.4 Å². The highest BCUT2D eigenvalue weighted by atomic mass is 32.1. The second-order valence-electron chi connectivity index (χ2n) is 14.2. The van der Waals surface area contributed by atoms with E-state index in [0.717, 1.165) is 58.5 Å². The summed E-state index contributed by atoms with van der Waals surface area (Å²) in [7, 11) is 3.27. The highest BCUT2D eigenvalue weighted by molar-refractivity contribution is 7.16. The van der Waals surface area contributed by atoms with Gasteiger partial charge in [-0.15, -0.1) is 0 Å². The first-order valence-electron chi connectivity index (χ1n) is 17.9. The molecule has 0 saturated carbocycles. The van der Waals surface area contributed by atoms with E-state index < -0.39 is 11.8 Å². The van der Waals surface area contributed by atoms with Crippen LogP contribution in [0.3, 0.4) is 0 Å². The molecule has 3 rings (SSSR count). The van der Waals surface area contributed by atoms with Gasteiger partial charge in [-0.25, -0.2) is 15.0 Å². The van der Waals surface area contributed by atoms with Crippen LogP contribution < -0.4 is 4.90 Å². The van der Waals surface area contributed by atoms with Gasteiger partial charge in [-0.2, -0.15) is 5.26 Å². The molecule has 0 radical (unpaired) electrons. The molecule has 0 spiro atoms. The summed E-state index contributed by atoms with van der Waals surface area (Å²) in [5.41, 5.74) is 2.19. The average Bonchev–Trinajstić information content (AvgIpc) is 3.51. The molecule has 8 nitrogen and oxygen atoms in total. The molecular weight excluding hydrogens is 631 g/mol. The maximum Gasteiger partial charge on any atom is 0.286 e. The number of hydrogen-bond acceptors (Lipinski definition) is 8. The molecule has 49 heavy (non-hydrogen) atoms. The van der Waals surface area contributed by atoms with Gasteiger partial charge in [-0.05, 0) is 43.3 Å². The van der Waals surface area contributed by atoms with Crippen molar-refractivity contribution in [1.82, 2.24) is 15.0 Å². The Balaban J connectivity index is 0.000000908. The van der Waals surface area contributed by atoms with Crippen LogP contribution in [0.25, 0.3) is 6.08 Å². The van der Waals surface area contributed by atoms with Gasteiger partial charge in [0.05, 0.1) is 10.6 Å². The van der Waals surface area contributed by atoms with Gasteiger partial charge >= 0.3 is 0 Å². The number of amides is 2. The first-order valence-corrected chi connectivity index (χ1v) is 18.7. The lowest BCUT2D eigenvalue weighted by molar-refractivity contribution is -0.155. The molecule has 0 aliphatic carbocycles. The van der Waals surface area contributed by atoms with E-state index in [-0.39, 0.29) is 11.0 Å². The van der Waals surface area contributed by atoms with Crippen LogP contribution in [0.1, 0.15) is 128 Å². The third-order valence-corrected chi connectivity index (χ3v) is 10.1. The monoisotopic (exact) mass is 689 g/mol. The number of hydrazine groups is 1. The van der Waals surface area contributed by atoms with Crippen molar-refractivity contribution in [2.75, 3.05) is 32.1 Å². The van der Waals surface area contributed by atoms with Crippen LogP contribution >= 0.6 is 11.3 Å². The Morgan fingerprint density at radius 3 is 1.90 bits per heavy atom. The fraction of sp³-hybridized carbons (Fsp3) is 0.575. The van der Waals surface area contributed by atoms with Gasteiger partial charge in [0.25, 0.3) is 11.8 Å². The quantitative estimate of drug-likeness (QED) is 0.0985. The van der Waals surface area contributed by atoms with Gasteiger partial charge < -0.3 is 4.90 Å². The standard InChI is InChI=1S/C33H53N5O2S.C7H6O/c1-11-15-17-24(13-3)21-37(22-25(14-4)18-16-12-2)32-35-29(33(6,7)8)28(41-32)19-26-23(5)27(20-34)31(40)38(30(26)39)36(9)10;8-6-7-4-2-1-3-5-7/h19,24-25H,11-18,21-22H2,1-10H3;1-6H/b26-19-;. The fourth-order valence-electron chi connectivity index (χ4n) is 5.87. The first-order chi connectivity index (χ1) is 23.3. The maximum atomic E-state index is 13.6. The van der Waals surface area contributed by atoms with Gasteiger partial charge in [0, 0.05) is 43.7 Å². The zero-order chi connectivity index (χ0) is 36.7. The van der Waals surface area contributed by atoms with Gasteiger partial charge in [0.2, 0.25) is 0 Å². The number of hydrogen-bond donors (Lipinski definition) is 0. The fourth-order valence-corrected chi connectivity index (χ4v) is 7.11. The molecule has 1 aromatic carbocycles. The molecule has 2 unspecified atom stereocenters. The van der Waals surface area contributed by atoms with Crippen molar-refractivity contribution < 1.29 is 14.4 Å². The molecule has 0 N–H and O–H groups in total. The Morgan fingerprint density at radius 2 is 1.49 bits per heavy atom. The summed E-state index contributed by atoms with van der Waals surface area (Å²) in [6.45, 7) is 19.2. The van der Waals surface area contributed by atoms with Crippen molar-refractivity contribution in [3.63, 3.8) is 0 Å². The lowest BCUT2D eigenvalue weighted by atomic mass is 9.89. The molecule has 2 aromatic rings. The Labute approximate surface area is 299 Å². The van der Waals surface area contributed by atoms with E-state index in [0.29, 0.717) is 23.0 Å². The minimum Gasteiger partial charge on any atom is -0.348 e. The van der Waals surface area contributed by atoms with Crippen molar-refractivity contribution in [1.29, 1.82) is 5.26 Å². The van der Waals surface area contributed by atoms with E-state index in [4.69, 9.17) is 4.98 Å². The molecule has 1 aromatic heterocycles. The summed E-state index contributed by atoms with van der Waals surface area (Å²) >= 11 is 1.63. The second kappa shape index (κ2) is 20.2. The van der Waals surface area contributed by atoms with Crippen molar-refractivity contribution in [2.45, 2.75) is 112 Å². The van der Waals surface area contributed by atoms with E-state index >= 15 is 0 Å². The number of carbonyl (C=O) groups is 3. The van der Waals surface area contributed by atoms with E-state index in [9.17, 15) is 19.6 Å². The molecular formula is C40H59N5O3S. The predicted molar refractivity (Wildman–Crippen MR) is 203 cm³/mol. The normalized spacial score (nSPS) is 15.6. The summed E-state index contributed by atoms with van der Waals surface area (Å²) in [6.07, 6.45) is 12.3. The summed E-state index contributed by atoms with van der Waals surface area (Å²) in [5.74, 6) is 0.204. The summed E-state index contributed by atoms with van der Waals surface area (Å²) in [5, 5.41) is 13.3. The van der Waals surface area contributed by atoms with Crippen LogP contribution in [0.15, 0.2) is 47.1 Å². The SMILES string of the molecule is CCCCC(CC)CN(CC(CC)CCCC)c1nc(C(C)(C)C)c(/C=C2\C(=O)N(N(C)C)C(=O)C(C#N)=C2C)s1.O=Cc1ccccc1. The van der Waals surface area contributed by atoms with Crippen LogP contribution in [0.2, 0.25) is 0 Å². The zero-order valence-electron chi connectivity index (χ0n) is 31.6. The molecule has 9 heteroatoms. The number of nitriles is 1. The van der Waals surface area contributed by atoms with Gasteiger partial charge in [0.1, 0.15) is 17.9 Å². The minimum atomic E-state index is -0.584. The Kier molecular flexibility index (Phi) is 17.1. The third-order valence-electron chi connectivity index (χ3n) is 9.00. The van der Waals surface area contributed by atoms with Crippen LogP contribution in [0.4, 0.5) is 5.13 Å². The molecule has 0 bridgehead atoms. The lowest BCUT2D eigenvalue weighted by Gasteiger charge is -2.31. The van der Waals surface area contributed by atoms with Crippen molar-refractivity contribution in [3.05, 3.63) is 63.2 Å². The van der Waals surface area contributed by atoms with Crippen LogP contribution in [-0.4, -0.2) is 60.3 Å². The number of aldehydes is 1. The van der Waals surface area contributed by atoms with Crippen LogP contribution in [0, 0.1) is 23.2 Å². The summed E-state index contributed by atoms with van der Waals surface area (Å²) in [4.78, 5) is 45.1. The topological polar surface area (TPSA) is 97.6 Å². The van der Waals surface area contributed by atoms with Crippen LogP contribution in [-0.2, 0) is 15.0 Å². The number of anilines is 1. The number of aromatic nitrogens is 1. The Bertz CT molecular complexity index is 1460. The zero-order valence-corrected chi connectivity index (χ0v) is 32.5. The van der Waals surface area contributed by atoms with E-state index in [2.05, 4.69) is 53.4 Å². The second-order valence-corrected chi connectivity index (χ2v) is 15.2. The van der Waals surface area contributed by atoms with Crippen LogP contribution in [0.5, 0.6) is 0 Å². The molecule has 268 valence electrons. The number of benzene rings is 1. The highest BCUT2D eigenvalue weighted by Gasteiger charge is 2.38. The predicted octanol–water partition coefficient (Wildman–Crippen LogP) is 9.25. The molecule has 2 atom stereocenters. The van der Waals surface area contributed by atoms with Crippen molar-refractivity contribution >= 4 is 40.6 Å². The first kappa shape index (κ1) is 41.6. The van der Waals surface area contributed by atoms with Crippen molar-refractivity contribution in [2.24, 2.45) is 11.8 Å². The smallest absolute Gasteiger partial charge is 0.286 e.